The van der Waals surface area contributed by atoms with Crippen LogP contribution in [0.15, 0.2) is 0 Å². The lowest BCUT2D eigenvalue weighted by Gasteiger charge is -2.33. The normalized spacial score (nSPS) is 15.5. The number of rotatable bonds is 8. The Morgan fingerprint density at radius 1 is 1.38 bits per heavy atom. The molecule has 1 aliphatic rings. The molecule has 0 bridgehead atoms. The zero-order valence-electron chi connectivity index (χ0n) is 14.4. The summed E-state index contributed by atoms with van der Waals surface area (Å²) in [5.74, 6) is 2.89. The van der Waals surface area contributed by atoms with Gasteiger partial charge in [-0.2, -0.15) is 5.10 Å². The fourth-order valence-corrected chi connectivity index (χ4v) is 3.13. The molecule has 21 heavy (non-hydrogen) atoms. The van der Waals surface area contributed by atoms with E-state index in [1.54, 1.807) is 0 Å². The minimum atomic E-state index is 0.683. The summed E-state index contributed by atoms with van der Waals surface area (Å²) in [6.45, 7) is 13.1. The Morgan fingerprint density at radius 3 is 2.62 bits per heavy atom. The highest BCUT2D eigenvalue weighted by Crippen LogP contribution is 2.30. The molecular weight excluding hydrogens is 260 g/mol. The average Bonchev–Trinajstić information content (AvgIpc) is 2.64. The average molecular weight is 292 g/mol. The van der Waals surface area contributed by atoms with Crippen molar-refractivity contribution in [3.63, 3.8) is 0 Å². The molecule has 1 saturated carbocycles. The topological polar surface area (TPSA) is 33.1 Å². The molecule has 1 aromatic heterocycles. The number of aromatic nitrogens is 2. The van der Waals surface area contributed by atoms with Gasteiger partial charge in [0.15, 0.2) is 0 Å². The van der Waals surface area contributed by atoms with E-state index in [1.807, 2.05) is 0 Å². The maximum absolute atomic E-state index is 4.66. The molecule has 4 nitrogen and oxygen atoms in total. The van der Waals surface area contributed by atoms with Crippen molar-refractivity contribution in [1.29, 1.82) is 0 Å². The summed E-state index contributed by atoms with van der Waals surface area (Å²) in [7, 11) is 2.08. The van der Waals surface area contributed by atoms with E-state index in [-0.39, 0.29) is 0 Å². The summed E-state index contributed by atoms with van der Waals surface area (Å²) < 4.78 is 2.07. The summed E-state index contributed by atoms with van der Waals surface area (Å²) >= 11 is 0. The Morgan fingerprint density at radius 2 is 2.10 bits per heavy atom. The highest BCUT2D eigenvalue weighted by molar-refractivity contribution is 5.50. The first-order valence-electron chi connectivity index (χ1n) is 8.51. The van der Waals surface area contributed by atoms with Gasteiger partial charge in [0.1, 0.15) is 5.82 Å². The van der Waals surface area contributed by atoms with Gasteiger partial charge < -0.3 is 10.2 Å². The van der Waals surface area contributed by atoms with Gasteiger partial charge in [0.05, 0.1) is 5.69 Å². The predicted molar refractivity (Wildman–Crippen MR) is 89.7 cm³/mol. The largest absolute Gasteiger partial charge is 0.357 e. The lowest BCUT2D eigenvalue weighted by Crippen LogP contribution is -2.34. The molecule has 0 unspecified atom stereocenters. The summed E-state index contributed by atoms with van der Waals surface area (Å²) in [5, 5.41) is 8.24. The van der Waals surface area contributed by atoms with Crippen LogP contribution in [0, 0.1) is 18.8 Å². The number of hydrogen-bond donors (Lipinski definition) is 1. The Balaban J connectivity index is 2.11. The molecule has 1 aliphatic carbocycles. The van der Waals surface area contributed by atoms with Crippen molar-refractivity contribution in [1.82, 2.24) is 15.1 Å². The van der Waals surface area contributed by atoms with Gasteiger partial charge in [-0.15, -0.1) is 0 Å². The molecule has 120 valence electrons. The lowest BCUT2D eigenvalue weighted by molar-refractivity contribution is 0.317. The van der Waals surface area contributed by atoms with Crippen LogP contribution in [0.25, 0.3) is 0 Å². The van der Waals surface area contributed by atoms with Gasteiger partial charge in [-0.25, -0.2) is 0 Å². The van der Waals surface area contributed by atoms with E-state index in [0.717, 1.165) is 31.2 Å². The van der Waals surface area contributed by atoms with Crippen LogP contribution in [0.4, 0.5) is 5.82 Å². The third kappa shape index (κ3) is 4.00. The van der Waals surface area contributed by atoms with Crippen molar-refractivity contribution in [3.8, 4) is 0 Å². The summed E-state index contributed by atoms with van der Waals surface area (Å²) in [4.78, 5) is 2.52. The molecule has 1 aromatic rings. The molecule has 1 N–H and O–H groups in total. The maximum Gasteiger partial charge on any atom is 0.131 e. The van der Waals surface area contributed by atoms with Gasteiger partial charge in [0.2, 0.25) is 0 Å². The highest BCUT2D eigenvalue weighted by Gasteiger charge is 2.24. The van der Waals surface area contributed by atoms with Crippen molar-refractivity contribution in [2.24, 2.45) is 18.9 Å². The van der Waals surface area contributed by atoms with Crippen LogP contribution in [-0.2, 0) is 13.6 Å². The van der Waals surface area contributed by atoms with Crippen LogP contribution < -0.4 is 10.2 Å². The number of aryl methyl sites for hydroxylation is 2. The van der Waals surface area contributed by atoms with E-state index < -0.39 is 0 Å². The SMILES string of the molecule is CCN(CC1CCC1)c1c(CNCC(C)C)c(C)nn1C. The molecule has 1 fully saturated rings. The Kier molecular flexibility index (Phi) is 5.68. The molecule has 0 spiro atoms. The van der Waals surface area contributed by atoms with Crippen LogP contribution in [0.1, 0.15) is 51.3 Å². The minimum Gasteiger partial charge on any atom is -0.357 e. The molecule has 1 heterocycles. The molecule has 0 aliphatic heterocycles. The van der Waals surface area contributed by atoms with E-state index in [4.69, 9.17) is 0 Å². The molecule has 4 heteroatoms. The second-order valence-electron chi connectivity index (χ2n) is 6.87. The first kappa shape index (κ1) is 16.3. The van der Waals surface area contributed by atoms with Gasteiger partial charge in [-0.3, -0.25) is 4.68 Å². The number of hydrogen-bond acceptors (Lipinski definition) is 3. The quantitative estimate of drug-likeness (QED) is 0.799. The van der Waals surface area contributed by atoms with Crippen molar-refractivity contribution in [3.05, 3.63) is 11.3 Å². The van der Waals surface area contributed by atoms with E-state index in [0.29, 0.717) is 5.92 Å². The van der Waals surface area contributed by atoms with Gasteiger partial charge in [-0.1, -0.05) is 20.3 Å². The third-order valence-corrected chi connectivity index (χ3v) is 4.55. The number of nitrogens with zero attached hydrogens (tertiary/aromatic N) is 3. The Labute approximate surface area is 129 Å². The second kappa shape index (κ2) is 7.30. The Hall–Kier alpha value is -1.03. The predicted octanol–water partition coefficient (Wildman–Crippen LogP) is 3.10. The van der Waals surface area contributed by atoms with Crippen LogP contribution >= 0.6 is 0 Å². The maximum atomic E-state index is 4.66. The van der Waals surface area contributed by atoms with E-state index >= 15 is 0 Å². The molecule has 0 saturated heterocycles. The zero-order valence-corrected chi connectivity index (χ0v) is 14.4. The van der Waals surface area contributed by atoms with Crippen molar-refractivity contribution in [2.75, 3.05) is 24.5 Å². The zero-order chi connectivity index (χ0) is 15.4. The van der Waals surface area contributed by atoms with Crippen LogP contribution in [0.2, 0.25) is 0 Å². The van der Waals surface area contributed by atoms with Crippen molar-refractivity contribution >= 4 is 5.82 Å². The van der Waals surface area contributed by atoms with Gasteiger partial charge in [0.25, 0.3) is 0 Å². The van der Waals surface area contributed by atoms with Gasteiger partial charge >= 0.3 is 0 Å². The molecular formula is C17H32N4. The fourth-order valence-electron chi connectivity index (χ4n) is 3.13. The van der Waals surface area contributed by atoms with Crippen LogP contribution in [0.3, 0.4) is 0 Å². The van der Waals surface area contributed by atoms with E-state index in [2.05, 4.69) is 54.7 Å². The molecule has 0 aromatic carbocycles. The van der Waals surface area contributed by atoms with Crippen molar-refractivity contribution < 1.29 is 0 Å². The standard InChI is InChI=1S/C17H32N4/c1-6-21(12-15-8-7-9-15)17-16(11-18-10-13(2)3)14(4)19-20(17)5/h13,15,18H,6-12H2,1-5H3. The molecule has 0 amide bonds. The number of anilines is 1. The molecule has 0 atom stereocenters. The first-order chi connectivity index (χ1) is 10.0. The summed E-state index contributed by atoms with van der Waals surface area (Å²) in [6.07, 6.45) is 4.21. The summed E-state index contributed by atoms with van der Waals surface area (Å²) in [5.41, 5.74) is 2.54. The Bertz CT molecular complexity index is 446. The van der Waals surface area contributed by atoms with E-state index in [1.165, 1.54) is 37.2 Å². The first-order valence-corrected chi connectivity index (χ1v) is 8.51. The smallest absolute Gasteiger partial charge is 0.131 e. The number of nitrogens with one attached hydrogen (secondary N) is 1. The molecule has 0 radical (unpaired) electrons. The van der Waals surface area contributed by atoms with Crippen molar-refractivity contribution in [2.45, 2.75) is 53.5 Å². The van der Waals surface area contributed by atoms with Gasteiger partial charge in [0, 0.05) is 32.2 Å². The lowest BCUT2D eigenvalue weighted by atomic mass is 9.85. The van der Waals surface area contributed by atoms with Crippen LogP contribution in [0.5, 0.6) is 0 Å². The highest BCUT2D eigenvalue weighted by atomic mass is 15.4. The second-order valence-corrected chi connectivity index (χ2v) is 6.87. The molecule has 2 rings (SSSR count). The third-order valence-electron chi connectivity index (χ3n) is 4.55. The van der Waals surface area contributed by atoms with E-state index in [9.17, 15) is 0 Å². The minimum absolute atomic E-state index is 0.683. The van der Waals surface area contributed by atoms with Gasteiger partial charge in [-0.05, 0) is 45.1 Å². The van der Waals surface area contributed by atoms with Crippen LogP contribution in [-0.4, -0.2) is 29.4 Å². The summed E-state index contributed by atoms with van der Waals surface area (Å²) in [6, 6.07) is 0. The fraction of sp³-hybridized carbons (Fsp3) is 0.824. The monoisotopic (exact) mass is 292 g/mol.